The summed E-state index contributed by atoms with van der Waals surface area (Å²) in [5.41, 5.74) is 0. The minimum absolute atomic E-state index is 0.236. The number of rotatable bonds is 5. The van der Waals surface area contributed by atoms with Crippen molar-refractivity contribution in [3.63, 3.8) is 0 Å². The van der Waals surface area contributed by atoms with Crippen LogP contribution < -0.4 is 0 Å². The van der Waals surface area contributed by atoms with Crippen LogP contribution in [0, 0.1) is 17.8 Å². The quantitative estimate of drug-likeness (QED) is 0.408. The number of allylic oxidation sites excluding steroid dienone is 1. The van der Waals surface area contributed by atoms with Crippen molar-refractivity contribution < 1.29 is 14.3 Å². The SMILES string of the molecule is COCCOC(=O)/C=C/[C@H]1C[C@@H]2CC[C@H]1C2. The Kier molecular flexibility index (Phi) is 3.99. The van der Waals surface area contributed by atoms with Crippen LogP contribution in [0.3, 0.4) is 0 Å². The third kappa shape index (κ3) is 2.85. The highest BCUT2D eigenvalue weighted by molar-refractivity contribution is 5.81. The highest BCUT2D eigenvalue weighted by Gasteiger charge is 2.37. The molecule has 16 heavy (non-hydrogen) atoms. The van der Waals surface area contributed by atoms with E-state index in [1.54, 1.807) is 13.2 Å². The van der Waals surface area contributed by atoms with E-state index in [0.717, 1.165) is 11.8 Å². The lowest BCUT2D eigenvalue weighted by Gasteiger charge is -2.17. The van der Waals surface area contributed by atoms with Gasteiger partial charge >= 0.3 is 5.97 Å². The van der Waals surface area contributed by atoms with Gasteiger partial charge in [-0.2, -0.15) is 0 Å². The Labute approximate surface area is 96.8 Å². The van der Waals surface area contributed by atoms with Gasteiger partial charge in [0.15, 0.2) is 0 Å². The van der Waals surface area contributed by atoms with E-state index < -0.39 is 0 Å². The largest absolute Gasteiger partial charge is 0.460 e. The fourth-order valence-corrected chi connectivity index (χ4v) is 3.01. The highest BCUT2D eigenvalue weighted by Crippen LogP contribution is 2.48. The first-order chi connectivity index (χ1) is 7.79. The summed E-state index contributed by atoms with van der Waals surface area (Å²) >= 11 is 0. The zero-order valence-corrected chi connectivity index (χ0v) is 9.85. The summed E-state index contributed by atoms with van der Waals surface area (Å²) < 4.78 is 9.78. The van der Waals surface area contributed by atoms with Crippen LogP contribution >= 0.6 is 0 Å². The van der Waals surface area contributed by atoms with E-state index in [0.29, 0.717) is 19.1 Å². The predicted molar refractivity (Wildman–Crippen MR) is 60.9 cm³/mol. The van der Waals surface area contributed by atoms with Gasteiger partial charge < -0.3 is 9.47 Å². The Bertz CT molecular complexity index is 272. The van der Waals surface area contributed by atoms with Crippen LogP contribution in [-0.4, -0.2) is 26.3 Å². The summed E-state index contributed by atoms with van der Waals surface area (Å²) in [5.74, 6) is 2.13. The molecule has 2 rings (SSSR count). The van der Waals surface area contributed by atoms with Crippen molar-refractivity contribution >= 4 is 5.97 Å². The average Bonchev–Trinajstić information content (AvgIpc) is 2.88. The van der Waals surface area contributed by atoms with Gasteiger partial charge in [-0.3, -0.25) is 0 Å². The maximum Gasteiger partial charge on any atom is 0.330 e. The first-order valence-corrected chi connectivity index (χ1v) is 6.13. The molecule has 2 aliphatic rings. The van der Waals surface area contributed by atoms with E-state index in [1.165, 1.54) is 25.7 Å². The lowest BCUT2D eigenvalue weighted by atomic mass is 9.89. The molecule has 0 aromatic carbocycles. The number of hydrogen-bond donors (Lipinski definition) is 0. The van der Waals surface area contributed by atoms with Crippen molar-refractivity contribution in [2.24, 2.45) is 17.8 Å². The Balaban J connectivity index is 1.70. The molecule has 0 N–H and O–H groups in total. The van der Waals surface area contributed by atoms with Crippen LogP contribution in [-0.2, 0) is 14.3 Å². The van der Waals surface area contributed by atoms with E-state index in [9.17, 15) is 4.79 Å². The first kappa shape index (κ1) is 11.6. The molecule has 0 saturated heterocycles. The molecule has 0 aromatic rings. The van der Waals surface area contributed by atoms with E-state index in [4.69, 9.17) is 9.47 Å². The minimum atomic E-state index is -0.236. The second-order valence-electron chi connectivity index (χ2n) is 4.86. The number of fused-ring (bicyclic) bond motifs is 2. The summed E-state index contributed by atoms with van der Waals surface area (Å²) in [6, 6.07) is 0. The Morgan fingerprint density at radius 2 is 2.19 bits per heavy atom. The Morgan fingerprint density at radius 1 is 1.31 bits per heavy atom. The van der Waals surface area contributed by atoms with Gasteiger partial charge in [-0.1, -0.05) is 12.5 Å². The molecule has 0 unspecified atom stereocenters. The van der Waals surface area contributed by atoms with Gasteiger partial charge in [0, 0.05) is 13.2 Å². The molecule has 0 aliphatic heterocycles. The number of carbonyl (C=O) groups is 1. The molecule has 0 spiro atoms. The van der Waals surface area contributed by atoms with Crippen LogP contribution in [0.15, 0.2) is 12.2 Å². The molecule has 2 saturated carbocycles. The van der Waals surface area contributed by atoms with Crippen molar-refractivity contribution in [3.8, 4) is 0 Å². The first-order valence-electron chi connectivity index (χ1n) is 6.13. The molecule has 2 fully saturated rings. The molecular weight excluding hydrogens is 204 g/mol. The van der Waals surface area contributed by atoms with Crippen molar-refractivity contribution in [1.82, 2.24) is 0 Å². The molecule has 0 aromatic heterocycles. The number of ether oxygens (including phenoxy) is 2. The Hall–Kier alpha value is -0.830. The Morgan fingerprint density at radius 3 is 2.81 bits per heavy atom. The van der Waals surface area contributed by atoms with Crippen LogP contribution in [0.1, 0.15) is 25.7 Å². The molecule has 2 bridgehead atoms. The van der Waals surface area contributed by atoms with Crippen molar-refractivity contribution in [2.45, 2.75) is 25.7 Å². The number of esters is 1. The van der Waals surface area contributed by atoms with Gasteiger partial charge in [-0.25, -0.2) is 4.79 Å². The molecule has 0 amide bonds. The molecule has 90 valence electrons. The molecular formula is C13H20O3. The van der Waals surface area contributed by atoms with Gasteiger partial charge in [0.1, 0.15) is 6.61 Å². The second-order valence-corrected chi connectivity index (χ2v) is 4.86. The fraction of sp³-hybridized carbons (Fsp3) is 0.769. The smallest absolute Gasteiger partial charge is 0.330 e. The zero-order chi connectivity index (χ0) is 11.4. The lowest BCUT2D eigenvalue weighted by Crippen LogP contribution is -2.10. The number of hydrogen-bond acceptors (Lipinski definition) is 3. The molecule has 0 radical (unpaired) electrons. The summed E-state index contributed by atoms with van der Waals surface area (Å²) in [6.07, 6.45) is 9.03. The summed E-state index contributed by atoms with van der Waals surface area (Å²) in [6.45, 7) is 0.810. The lowest BCUT2D eigenvalue weighted by molar-refractivity contribution is -0.139. The van der Waals surface area contributed by atoms with Crippen molar-refractivity contribution in [3.05, 3.63) is 12.2 Å². The standard InChI is InChI=1S/C13H20O3/c1-15-6-7-16-13(14)5-4-12-9-10-2-3-11(12)8-10/h4-5,10-12H,2-3,6-9H2,1H3/b5-4+/t10-,11+,12+/m1/s1. The molecule has 3 nitrogen and oxygen atoms in total. The van der Waals surface area contributed by atoms with Crippen LogP contribution in [0.4, 0.5) is 0 Å². The van der Waals surface area contributed by atoms with Crippen LogP contribution in [0.25, 0.3) is 0 Å². The van der Waals surface area contributed by atoms with Gasteiger partial charge in [0.05, 0.1) is 6.61 Å². The normalized spacial score (nSPS) is 32.4. The third-order valence-corrected chi connectivity index (χ3v) is 3.80. The molecule has 3 atom stereocenters. The van der Waals surface area contributed by atoms with E-state index >= 15 is 0 Å². The third-order valence-electron chi connectivity index (χ3n) is 3.80. The predicted octanol–water partition coefficient (Wildman–Crippen LogP) is 2.17. The van der Waals surface area contributed by atoms with Crippen molar-refractivity contribution in [2.75, 3.05) is 20.3 Å². The summed E-state index contributed by atoms with van der Waals surface area (Å²) in [4.78, 5) is 11.3. The van der Waals surface area contributed by atoms with Gasteiger partial charge in [0.2, 0.25) is 0 Å². The van der Waals surface area contributed by atoms with Crippen LogP contribution in [0.5, 0.6) is 0 Å². The van der Waals surface area contributed by atoms with E-state index in [-0.39, 0.29) is 5.97 Å². The summed E-state index contributed by atoms with van der Waals surface area (Å²) in [5, 5.41) is 0. The molecule has 2 aliphatic carbocycles. The maximum absolute atomic E-state index is 11.3. The maximum atomic E-state index is 11.3. The van der Waals surface area contributed by atoms with Crippen LogP contribution in [0.2, 0.25) is 0 Å². The topological polar surface area (TPSA) is 35.5 Å². The zero-order valence-electron chi connectivity index (χ0n) is 9.85. The molecule has 3 heteroatoms. The summed E-state index contributed by atoms with van der Waals surface area (Å²) in [7, 11) is 1.60. The van der Waals surface area contributed by atoms with E-state index in [1.807, 2.05) is 0 Å². The van der Waals surface area contributed by atoms with Gasteiger partial charge in [0.25, 0.3) is 0 Å². The van der Waals surface area contributed by atoms with E-state index in [2.05, 4.69) is 6.08 Å². The second kappa shape index (κ2) is 5.48. The average molecular weight is 224 g/mol. The van der Waals surface area contributed by atoms with Gasteiger partial charge in [-0.15, -0.1) is 0 Å². The fourth-order valence-electron chi connectivity index (χ4n) is 3.01. The monoisotopic (exact) mass is 224 g/mol. The number of carbonyl (C=O) groups excluding carboxylic acids is 1. The van der Waals surface area contributed by atoms with Crippen molar-refractivity contribution in [1.29, 1.82) is 0 Å². The highest BCUT2D eigenvalue weighted by atomic mass is 16.6. The molecule has 0 heterocycles. The van der Waals surface area contributed by atoms with Gasteiger partial charge in [-0.05, 0) is 37.0 Å². The number of methoxy groups -OCH3 is 1. The minimum Gasteiger partial charge on any atom is -0.460 e.